The molecule has 1 rings (SSSR count). The third-order valence-corrected chi connectivity index (χ3v) is 2.90. The second kappa shape index (κ2) is 5.89. The third kappa shape index (κ3) is 3.41. The molecule has 0 heterocycles. The maximum Gasteiger partial charge on any atom is 0.460 e. The molecule has 0 saturated heterocycles. The molecule has 0 aliphatic heterocycles. The van der Waals surface area contributed by atoms with Gasteiger partial charge in [0.2, 0.25) is 5.78 Å². The van der Waals surface area contributed by atoms with E-state index >= 15 is 0 Å². The molecule has 0 radical (unpaired) electrons. The highest BCUT2D eigenvalue weighted by molar-refractivity contribution is 6.02. The first-order chi connectivity index (χ1) is 9.80. The maximum atomic E-state index is 13.3. The van der Waals surface area contributed by atoms with Crippen molar-refractivity contribution >= 4 is 5.78 Å². The molecule has 0 unspecified atom stereocenters. The van der Waals surface area contributed by atoms with Gasteiger partial charge in [-0.3, -0.25) is 4.79 Å². The number of ketones is 1. The van der Waals surface area contributed by atoms with Gasteiger partial charge in [0, 0.05) is 5.56 Å². The highest BCUT2D eigenvalue weighted by Gasteiger charge is 2.76. The fourth-order valence-corrected chi connectivity index (χ4v) is 1.77. The van der Waals surface area contributed by atoms with Crippen LogP contribution in [-0.2, 0) is 6.42 Å². The molecule has 0 spiro atoms. The number of rotatable bonds is 5. The SMILES string of the molecule is CC(C)Cc1ccc(C(=O)C(F)(F)C(F)(F)C(F)(F)F)cc1. The highest BCUT2D eigenvalue weighted by Crippen LogP contribution is 2.47. The van der Waals surface area contributed by atoms with Gasteiger partial charge < -0.3 is 0 Å². The Morgan fingerprint density at radius 2 is 1.41 bits per heavy atom. The summed E-state index contributed by atoms with van der Waals surface area (Å²) >= 11 is 0. The molecule has 0 saturated carbocycles. The van der Waals surface area contributed by atoms with Gasteiger partial charge in [0.05, 0.1) is 0 Å². The van der Waals surface area contributed by atoms with Crippen LogP contribution in [0.15, 0.2) is 24.3 Å². The van der Waals surface area contributed by atoms with E-state index in [4.69, 9.17) is 0 Å². The van der Waals surface area contributed by atoms with Gasteiger partial charge >= 0.3 is 18.0 Å². The van der Waals surface area contributed by atoms with Crippen molar-refractivity contribution in [1.82, 2.24) is 0 Å². The van der Waals surface area contributed by atoms with Gasteiger partial charge in [-0.15, -0.1) is 0 Å². The van der Waals surface area contributed by atoms with Crippen molar-refractivity contribution in [3.8, 4) is 0 Å². The second-order valence-electron chi connectivity index (χ2n) is 5.27. The van der Waals surface area contributed by atoms with Crippen molar-refractivity contribution < 1.29 is 35.5 Å². The number of benzene rings is 1. The average molecular weight is 330 g/mol. The van der Waals surface area contributed by atoms with E-state index in [9.17, 15) is 35.5 Å². The molecule has 0 bridgehead atoms. The maximum absolute atomic E-state index is 13.3. The van der Waals surface area contributed by atoms with Crippen LogP contribution in [0.5, 0.6) is 0 Å². The van der Waals surface area contributed by atoms with E-state index < -0.39 is 29.4 Å². The van der Waals surface area contributed by atoms with Crippen LogP contribution in [-0.4, -0.2) is 23.8 Å². The van der Waals surface area contributed by atoms with Crippen molar-refractivity contribution in [1.29, 1.82) is 0 Å². The lowest BCUT2D eigenvalue weighted by Gasteiger charge is -2.27. The Bertz CT molecular complexity index is 529. The van der Waals surface area contributed by atoms with Crippen molar-refractivity contribution in [3.63, 3.8) is 0 Å². The molecule has 0 amide bonds. The lowest BCUT2D eigenvalue weighted by molar-refractivity contribution is -0.339. The quantitative estimate of drug-likeness (QED) is 0.554. The number of halogens is 7. The Kier molecular flexibility index (Phi) is 4.94. The molecule has 0 aliphatic carbocycles. The summed E-state index contributed by atoms with van der Waals surface area (Å²) in [6, 6.07) is 4.13. The topological polar surface area (TPSA) is 17.1 Å². The van der Waals surface area contributed by atoms with Crippen LogP contribution < -0.4 is 0 Å². The summed E-state index contributed by atoms with van der Waals surface area (Å²) in [5.41, 5.74) is -0.251. The predicted octanol–water partition coefficient (Wildman–Crippen LogP) is 4.90. The van der Waals surface area contributed by atoms with Gasteiger partial charge in [-0.05, 0) is 17.9 Å². The number of carbonyl (C=O) groups is 1. The van der Waals surface area contributed by atoms with Crippen LogP contribution in [0.3, 0.4) is 0 Å². The first kappa shape index (κ1) is 18.4. The molecule has 0 aromatic heterocycles. The van der Waals surface area contributed by atoms with E-state index in [-0.39, 0.29) is 5.92 Å². The fraction of sp³-hybridized carbons (Fsp3) is 0.500. The van der Waals surface area contributed by atoms with Gasteiger partial charge in [-0.25, -0.2) is 0 Å². The molecule has 1 aromatic carbocycles. The number of hydrogen-bond acceptors (Lipinski definition) is 1. The zero-order valence-corrected chi connectivity index (χ0v) is 11.6. The van der Waals surface area contributed by atoms with E-state index in [1.54, 1.807) is 0 Å². The second-order valence-corrected chi connectivity index (χ2v) is 5.27. The Balaban J connectivity index is 3.09. The summed E-state index contributed by atoms with van der Waals surface area (Å²) in [7, 11) is 0. The zero-order chi connectivity index (χ0) is 17.3. The summed E-state index contributed by atoms with van der Waals surface area (Å²) in [6.45, 7) is 3.74. The van der Waals surface area contributed by atoms with Crippen LogP contribution >= 0.6 is 0 Å². The normalized spacial score (nSPS) is 13.5. The van der Waals surface area contributed by atoms with Gasteiger partial charge in [0.25, 0.3) is 0 Å². The largest absolute Gasteiger partial charge is 0.460 e. The van der Waals surface area contributed by atoms with E-state index in [1.165, 1.54) is 12.1 Å². The first-order valence-corrected chi connectivity index (χ1v) is 6.26. The van der Waals surface area contributed by atoms with Crippen molar-refractivity contribution in [2.45, 2.75) is 38.3 Å². The number of hydrogen-bond donors (Lipinski definition) is 0. The lowest BCUT2D eigenvalue weighted by atomic mass is 9.97. The summed E-state index contributed by atoms with van der Waals surface area (Å²) in [5, 5.41) is 0. The Morgan fingerprint density at radius 1 is 0.955 bits per heavy atom. The number of carbonyl (C=O) groups excluding carboxylic acids is 1. The Hall–Kier alpha value is -1.60. The van der Waals surface area contributed by atoms with Crippen LogP contribution in [0.2, 0.25) is 0 Å². The molecule has 0 fully saturated rings. The summed E-state index contributed by atoms with van der Waals surface area (Å²) in [4.78, 5) is 11.4. The molecule has 8 heteroatoms. The molecule has 1 aromatic rings. The number of Topliss-reactive ketones (excluding diaryl/α,β-unsaturated/α-hetero) is 1. The van der Waals surface area contributed by atoms with Gasteiger partial charge in [0.1, 0.15) is 0 Å². The minimum absolute atomic E-state index is 0.220. The number of alkyl halides is 7. The molecule has 0 atom stereocenters. The molecule has 1 nitrogen and oxygen atoms in total. The smallest absolute Gasteiger partial charge is 0.287 e. The minimum atomic E-state index is -6.52. The van der Waals surface area contributed by atoms with Gasteiger partial charge in [0.15, 0.2) is 0 Å². The molecule has 0 N–H and O–H groups in total. The molecule has 124 valence electrons. The van der Waals surface area contributed by atoms with Crippen LogP contribution in [0.4, 0.5) is 30.7 Å². The fourth-order valence-electron chi connectivity index (χ4n) is 1.77. The van der Waals surface area contributed by atoms with Crippen molar-refractivity contribution in [3.05, 3.63) is 35.4 Å². The van der Waals surface area contributed by atoms with Gasteiger partial charge in [-0.2, -0.15) is 30.7 Å². The zero-order valence-electron chi connectivity index (χ0n) is 11.6. The van der Waals surface area contributed by atoms with E-state index in [2.05, 4.69) is 0 Å². The van der Waals surface area contributed by atoms with Crippen molar-refractivity contribution in [2.24, 2.45) is 5.92 Å². The molecule has 22 heavy (non-hydrogen) atoms. The van der Waals surface area contributed by atoms with Crippen molar-refractivity contribution in [2.75, 3.05) is 0 Å². The Morgan fingerprint density at radius 3 is 1.77 bits per heavy atom. The standard InChI is InChI=1S/C14H13F7O/c1-8(2)7-9-3-5-10(6-4-9)11(22)12(15,16)13(17,18)14(19,20)21/h3-6,8H,7H2,1-2H3. The van der Waals surface area contributed by atoms with Gasteiger partial charge in [-0.1, -0.05) is 38.1 Å². The molecule has 0 aliphatic rings. The monoisotopic (exact) mass is 330 g/mol. The van der Waals surface area contributed by atoms with Crippen LogP contribution in [0.1, 0.15) is 29.8 Å². The predicted molar refractivity (Wildman–Crippen MR) is 65.3 cm³/mol. The lowest BCUT2D eigenvalue weighted by Crippen LogP contribution is -2.56. The first-order valence-electron chi connectivity index (χ1n) is 6.26. The Labute approximate surface area is 122 Å². The van der Waals surface area contributed by atoms with E-state index in [0.717, 1.165) is 12.1 Å². The summed E-state index contributed by atoms with van der Waals surface area (Å²) in [6.07, 6.45) is -5.98. The average Bonchev–Trinajstić information content (AvgIpc) is 2.36. The summed E-state index contributed by atoms with van der Waals surface area (Å²) in [5.74, 6) is -14.7. The molecular weight excluding hydrogens is 317 g/mol. The minimum Gasteiger partial charge on any atom is -0.287 e. The molecular formula is C14H13F7O. The van der Waals surface area contributed by atoms with Crippen LogP contribution in [0, 0.1) is 5.92 Å². The van der Waals surface area contributed by atoms with E-state index in [0.29, 0.717) is 12.0 Å². The van der Waals surface area contributed by atoms with E-state index in [1.807, 2.05) is 13.8 Å². The third-order valence-electron chi connectivity index (χ3n) is 2.90. The van der Waals surface area contributed by atoms with Crippen LogP contribution in [0.25, 0.3) is 0 Å². The highest BCUT2D eigenvalue weighted by atomic mass is 19.4. The summed E-state index contributed by atoms with van der Waals surface area (Å²) < 4.78 is 88.2.